The second-order valence-electron chi connectivity index (χ2n) is 5.90. The number of benzene rings is 2. The van der Waals surface area contributed by atoms with Crippen molar-refractivity contribution in [3.8, 4) is 11.5 Å². The predicted octanol–water partition coefficient (Wildman–Crippen LogP) is 3.90. The minimum Gasteiger partial charge on any atom is -0.503 e. The summed E-state index contributed by atoms with van der Waals surface area (Å²) in [6.45, 7) is 3.06. The third-order valence-electron chi connectivity index (χ3n) is 4.20. The monoisotopic (exact) mass is 417 g/mol. The number of hydrogen-bond acceptors (Lipinski definition) is 5. The first-order valence-electron chi connectivity index (χ1n) is 8.30. The summed E-state index contributed by atoms with van der Waals surface area (Å²) < 4.78 is 11.0. The highest BCUT2D eigenvalue weighted by Crippen LogP contribution is 2.35. The maximum Gasteiger partial charge on any atom is 0.185 e. The van der Waals surface area contributed by atoms with Gasteiger partial charge in [-0.2, -0.15) is 0 Å². The Kier molecular flexibility index (Phi) is 5.96. The minimum atomic E-state index is -0.0803. The van der Waals surface area contributed by atoms with Crippen LogP contribution in [-0.2, 0) is 4.74 Å². The molecule has 0 amide bonds. The highest BCUT2D eigenvalue weighted by molar-refractivity contribution is 9.10. The van der Waals surface area contributed by atoms with Crippen LogP contribution in [0, 0.1) is 0 Å². The van der Waals surface area contributed by atoms with Crippen LogP contribution in [0.1, 0.15) is 15.9 Å². The van der Waals surface area contributed by atoms with E-state index in [2.05, 4.69) is 20.8 Å². The smallest absolute Gasteiger partial charge is 0.185 e. The van der Waals surface area contributed by atoms with Crippen molar-refractivity contribution < 1.29 is 19.4 Å². The zero-order chi connectivity index (χ0) is 18.5. The van der Waals surface area contributed by atoms with E-state index in [1.807, 2.05) is 24.3 Å². The number of hydrogen-bond donors (Lipinski definition) is 1. The average Bonchev–Trinajstić information content (AvgIpc) is 2.69. The molecule has 2 aromatic carbocycles. The molecule has 0 saturated carbocycles. The summed E-state index contributed by atoms with van der Waals surface area (Å²) in [4.78, 5) is 14.8. The van der Waals surface area contributed by atoms with Crippen molar-refractivity contribution in [1.29, 1.82) is 0 Å². The van der Waals surface area contributed by atoms with Crippen LogP contribution < -0.4 is 9.64 Å². The maximum absolute atomic E-state index is 12.5. The summed E-state index contributed by atoms with van der Waals surface area (Å²) in [6, 6.07) is 11.0. The molecule has 1 aliphatic rings. The van der Waals surface area contributed by atoms with E-state index in [0.717, 1.165) is 24.3 Å². The summed E-state index contributed by atoms with van der Waals surface area (Å²) in [5.41, 5.74) is 2.42. The van der Waals surface area contributed by atoms with Gasteiger partial charge in [0.05, 0.1) is 24.8 Å². The number of anilines is 1. The molecule has 1 N–H and O–H groups in total. The van der Waals surface area contributed by atoms with Crippen molar-refractivity contribution in [3.05, 3.63) is 58.1 Å². The molecular weight excluding hydrogens is 398 g/mol. The van der Waals surface area contributed by atoms with Gasteiger partial charge in [-0.05, 0) is 51.8 Å². The lowest BCUT2D eigenvalue weighted by atomic mass is 10.1. The van der Waals surface area contributed by atoms with Gasteiger partial charge in [-0.25, -0.2) is 0 Å². The van der Waals surface area contributed by atoms with Crippen LogP contribution in [0.3, 0.4) is 0 Å². The molecule has 0 radical (unpaired) electrons. The minimum absolute atomic E-state index is 0.0363. The first-order valence-corrected chi connectivity index (χ1v) is 9.09. The highest BCUT2D eigenvalue weighted by atomic mass is 79.9. The Balaban J connectivity index is 1.77. The summed E-state index contributed by atoms with van der Waals surface area (Å²) in [6.07, 6.45) is 3.23. The number of ketones is 1. The standard InChI is InChI=1S/C20H20BrNO4/c1-25-19-12-14(11-17(21)20(19)24)5-6-18(23)15-3-2-4-16(13-15)22-7-9-26-10-8-22/h2-6,11-13,24H,7-10H2,1H3/b6-5+. The van der Waals surface area contributed by atoms with Crippen LogP contribution in [0.4, 0.5) is 5.69 Å². The van der Waals surface area contributed by atoms with E-state index in [4.69, 9.17) is 9.47 Å². The van der Waals surface area contributed by atoms with E-state index in [0.29, 0.717) is 29.0 Å². The van der Waals surface area contributed by atoms with E-state index >= 15 is 0 Å². The zero-order valence-electron chi connectivity index (χ0n) is 14.4. The second-order valence-corrected chi connectivity index (χ2v) is 6.76. The van der Waals surface area contributed by atoms with Gasteiger partial charge in [0.2, 0.25) is 0 Å². The summed E-state index contributed by atoms with van der Waals surface area (Å²) in [5.74, 6) is 0.304. The molecule has 5 nitrogen and oxygen atoms in total. The van der Waals surface area contributed by atoms with E-state index in [1.54, 1.807) is 18.2 Å². The number of methoxy groups -OCH3 is 1. The van der Waals surface area contributed by atoms with Gasteiger partial charge in [-0.3, -0.25) is 4.79 Å². The second kappa shape index (κ2) is 8.38. The molecule has 0 atom stereocenters. The number of rotatable bonds is 5. The van der Waals surface area contributed by atoms with Crippen LogP contribution in [0.2, 0.25) is 0 Å². The molecule has 1 heterocycles. The number of ether oxygens (including phenoxy) is 2. The normalized spacial score (nSPS) is 14.6. The Bertz CT molecular complexity index is 829. The molecular formula is C20H20BrNO4. The average molecular weight is 418 g/mol. The first kappa shape index (κ1) is 18.5. The van der Waals surface area contributed by atoms with Gasteiger partial charge in [0.25, 0.3) is 0 Å². The van der Waals surface area contributed by atoms with Crippen LogP contribution >= 0.6 is 15.9 Å². The Morgan fingerprint density at radius 2 is 2.04 bits per heavy atom. The topological polar surface area (TPSA) is 59.0 Å². The van der Waals surface area contributed by atoms with Crippen LogP contribution in [0.5, 0.6) is 11.5 Å². The van der Waals surface area contributed by atoms with Crippen molar-refractivity contribution in [2.75, 3.05) is 38.3 Å². The lowest BCUT2D eigenvalue weighted by Gasteiger charge is -2.29. The molecule has 0 spiro atoms. The molecule has 26 heavy (non-hydrogen) atoms. The molecule has 0 unspecified atom stereocenters. The van der Waals surface area contributed by atoms with Gasteiger partial charge in [0.1, 0.15) is 0 Å². The molecule has 1 saturated heterocycles. The van der Waals surface area contributed by atoms with Crippen LogP contribution in [-0.4, -0.2) is 44.3 Å². The van der Waals surface area contributed by atoms with E-state index in [9.17, 15) is 9.90 Å². The highest BCUT2D eigenvalue weighted by Gasteiger charge is 2.13. The Labute approximate surface area is 161 Å². The number of aromatic hydroxyl groups is 1. The molecule has 0 bridgehead atoms. The fourth-order valence-corrected chi connectivity index (χ4v) is 3.25. The van der Waals surface area contributed by atoms with Crippen molar-refractivity contribution in [2.45, 2.75) is 0 Å². The molecule has 6 heteroatoms. The third kappa shape index (κ3) is 4.26. The van der Waals surface area contributed by atoms with E-state index < -0.39 is 0 Å². The molecule has 1 aliphatic heterocycles. The molecule has 2 aromatic rings. The Hall–Kier alpha value is -2.31. The molecule has 0 aliphatic carbocycles. The number of halogens is 1. The van der Waals surface area contributed by atoms with Gasteiger partial charge in [0, 0.05) is 24.3 Å². The quantitative estimate of drug-likeness (QED) is 0.590. The van der Waals surface area contributed by atoms with E-state index in [-0.39, 0.29) is 11.5 Å². The van der Waals surface area contributed by atoms with Gasteiger partial charge in [0.15, 0.2) is 17.3 Å². The van der Waals surface area contributed by atoms with E-state index in [1.165, 1.54) is 13.2 Å². The number of phenols is 1. The molecule has 3 rings (SSSR count). The number of morpholine rings is 1. The summed E-state index contributed by atoms with van der Waals surface area (Å²) in [5, 5.41) is 9.86. The number of phenolic OH excluding ortho intramolecular Hbond substituents is 1. The fourth-order valence-electron chi connectivity index (χ4n) is 2.79. The zero-order valence-corrected chi connectivity index (χ0v) is 16.0. The molecule has 1 fully saturated rings. The largest absolute Gasteiger partial charge is 0.503 e. The Morgan fingerprint density at radius 1 is 1.27 bits per heavy atom. The Morgan fingerprint density at radius 3 is 2.77 bits per heavy atom. The van der Waals surface area contributed by atoms with Gasteiger partial charge in [-0.15, -0.1) is 0 Å². The van der Waals surface area contributed by atoms with Gasteiger partial charge < -0.3 is 19.5 Å². The maximum atomic E-state index is 12.5. The van der Waals surface area contributed by atoms with Gasteiger partial charge in [-0.1, -0.05) is 18.2 Å². The number of carbonyl (C=O) groups excluding carboxylic acids is 1. The van der Waals surface area contributed by atoms with Gasteiger partial charge >= 0.3 is 0 Å². The lowest BCUT2D eigenvalue weighted by Crippen LogP contribution is -2.36. The van der Waals surface area contributed by atoms with Crippen molar-refractivity contribution in [1.82, 2.24) is 0 Å². The summed E-state index contributed by atoms with van der Waals surface area (Å²) >= 11 is 3.28. The lowest BCUT2D eigenvalue weighted by molar-refractivity contribution is 0.104. The summed E-state index contributed by atoms with van der Waals surface area (Å²) in [7, 11) is 1.48. The fraction of sp³-hybridized carbons (Fsp3) is 0.250. The van der Waals surface area contributed by atoms with Crippen LogP contribution in [0.15, 0.2) is 46.9 Å². The number of carbonyl (C=O) groups is 1. The van der Waals surface area contributed by atoms with Crippen molar-refractivity contribution >= 4 is 33.5 Å². The predicted molar refractivity (Wildman–Crippen MR) is 105 cm³/mol. The first-order chi connectivity index (χ1) is 12.6. The molecule has 136 valence electrons. The number of allylic oxidation sites excluding steroid dienone is 1. The SMILES string of the molecule is COc1cc(/C=C/C(=O)c2cccc(N3CCOCC3)c2)cc(Br)c1O. The van der Waals surface area contributed by atoms with Crippen molar-refractivity contribution in [2.24, 2.45) is 0 Å². The van der Waals surface area contributed by atoms with Crippen molar-refractivity contribution in [3.63, 3.8) is 0 Å². The number of nitrogens with zero attached hydrogens (tertiary/aromatic N) is 1. The third-order valence-corrected chi connectivity index (χ3v) is 4.81. The van der Waals surface area contributed by atoms with Crippen LogP contribution in [0.25, 0.3) is 6.08 Å². The molecule has 0 aromatic heterocycles.